The van der Waals surface area contributed by atoms with Crippen molar-refractivity contribution in [3.8, 4) is 0 Å². The third-order valence-electron chi connectivity index (χ3n) is 5.67. The predicted molar refractivity (Wildman–Crippen MR) is 125 cm³/mol. The van der Waals surface area contributed by atoms with Crippen molar-refractivity contribution in [2.24, 2.45) is 0 Å². The van der Waals surface area contributed by atoms with E-state index in [1.165, 1.54) is 16.2 Å². The molecule has 5 nitrogen and oxygen atoms in total. The van der Waals surface area contributed by atoms with E-state index in [0.29, 0.717) is 24.2 Å². The van der Waals surface area contributed by atoms with Crippen LogP contribution in [0.15, 0.2) is 84.0 Å². The molecule has 1 aliphatic heterocycles. The highest BCUT2D eigenvalue weighted by Crippen LogP contribution is 2.35. The zero-order valence-electron chi connectivity index (χ0n) is 17.0. The molecule has 0 atom stereocenters. The quantitative estimate of drug-likeness (QED) is 0.454. The number of fused-ring (bicyclic) bond motifs is 1. The number of H-pyrrole nitrogens is 1. The number of aromatic nitrogens is 1. The lowest BCUT2D eigenvalue weighted by Crippen LogP contribution is -2.35. The molecule has 31 heavy (non-hydrogen) atoms. The van der Waals surface area contributed by atoms with E-state index < -0.39 is 0 Å². The van der Waals surface area contributed by atoms with Crippen molar-refractivity contribution in [1.82, 2.24) is 9.88 Å². The summed E-state index contributed by atoms with van der Waals surface area (Å²) in [5, 5.41) is 3.05. The molecular formula is C25H21N3O2S. The summed E-state index contributed by atoms with van der Waals surface area (Å²) >= 11 is 1.47. The first kappa shape index (κ1) is 19.3. The molecule has 0 radical (unpaired) electrons. The van der Waals surface area contributed by atoms with E-state index in [1.54, 1.807) is 0 Å². The lowest BCUT2D eigenvalue weighted by molar-refractivity contribution is -0.136. The van der Waals surface area contributed by atoms with Crippen LogP contribution in [-0.4, -0.2) is 35.3 Å². The number of nitrogens with one attached hydrogen (secondary N) is 1. The first-order chi connectivity index (χ1) is 15.1. The summed E-state index contributed by atoms with van der Waals surface area (Å²) in [4.78, 5) is 34.1. The van der Waals surface area contributed by atoms with Crippen molar-refractivity contribution in [2.75, 3.05) is 18.5 Å². The van der Waals surface area contributed by atoms with Gasteiger partial charge in [0.25, 0.3) is 11.8 Å². The first-order valence-corrected chi connectivity index (χ1v) is 11.0. The number of rotatable bonds is 6. The highest BCUT2D eigenvalue weighted by atomic mass is 32.1. The minimum atomic E-state index is -0.250. The van der Waals surface area contributed by atoms with Crippen molar-refractivity contribution in [3.63, 3.8) is 0 Å². The smallest absolute Gasteiger partial charge is 0.278 e. The predicted octanol–water partition coefficient (Wildman–Crippen LogP) is 4.69. The van der Waals surface area contributed by atoms with Crippen LogP contribution in [0.3, 0.4) is 0 Å². The van der Waals surface area contributed by atoms with E-state index in [4.69, 9.17) is 0 Å². The van der Waals surface area contributed by atoms with Crippen LogP contribution in [0.4, 0.5) is 5.69 Å². The second-order valence-corrected chi connectivity index (χ2v) is 8.41. The monoisotopic (exact) mass is 427 g/mol. The highest BCUT2D eigenvalue weighted by molar-refractivity contribution is 7.11. The molecule has 0 unspecified atom stereocenters. The maximum absolute atomic E-state index is 13.5. The Bertz CT molecular complexity index is 1290. The molecule has 0 saturated heterocycles. The molecule has 4 aromatic rings. The maximum Gasteiger partial charge on any atom is 0.278 e. The molecule has 2 amide bonds. The lowest BCUT2D eigenvalue weighted by Gasteiger charge is -2.21. The summed E-state index contributed by atoms with van der Waals surface area (Å²) in [6.07, 6.45) is 2.56. The Morgan fingerprint density at radius 1 is 0.935 bits per heavy atom. The zero-order chi connectivity index (χ0) is 21.4. The SMILES string of the molecule is CN(C1=C(c2cccs2)C(=O)N(CCc2c[nH]c3ccccc23)C1=O)c1ccccc1. The van der Waals surface area contributed by atoms with Crippen LogP contribution in [0.1, 0.15) is 10.4 Å². The van der Waals surface area contributed by atoms with E-state index in [-0.39, 0.29) is 11.8 Å². The second-order valence-electron chi connectivity index (χ2n) is 7.47. The normalized spacial score (nSPS) is 14.2. The number of amides is 2. The van der Waals surface area contributed by atoms with Gasteiger partial charge in [-0.3, -0.25) is 14.5 Å². The fourth-order valence-corrected chi connectivity index (χ4v) is 4.83. The van der Waals surface area contributed by atoms with Crippen molar-refractivity contribution >= 4 is 45.3 Å². The Hall–Kier alpha value is -3.64. The van der Waals surface area contributed by atoms with Gasteiger partial charge in [0.1, 0.15) is 5.70 Å². The molecular weight excluding hydrogens is 406 g/mol. The molecule has 2 aromatic carbocycles. The summed E-state index contributed by atoms with van der Waals surface area (Å²) in [6, 6.07) is 21.5. The molecule has 2 aromatic heterocycles. The molecule has 3 heterocycles. The van der Waals surface area contributed by atoms with Crippen LogP contribution >= 0.6 is 11.3 Å². The van der Waals surface area contributed by atoms with E-state index in [9.17, 15) is 9.59 Å². The van der Waals surface area contributed by atoms with Gasteiger partial charge in [-0.15, -0.1) is 11.3 Å². The molecule has 1 aliphatic rings. The molecule has 154 valence electrons. The summed E-state index contributed by atoms with van der Waals surface area (Å²) in [7, 11) is 1.84. The van der Waals surface area contributed by atoms with Crippen LogP contribution in [0.5, 0.6) is 0 Å². The van der Waals surface area contributed by atoms with Crippen molar-refractivity contribution in [3.05, 3.63) is 94.4 Å². The number of likely N-dealkylation sites (N-methyl/N-ethyl adjacent to an activating group) is 1. The third-order valence-corrected chi connectivity index (χ3v) is 6.56. The number of carbonyl (C=O) groups excluding carboxylic acids is 2. The minimum Gasteiger partial charge on any atom is -0.361 e. The van der Waals surface area contributed by atoms with Gasteiger partial charge in [-0.05, 0) is 41.6 Å². The van der Waals surface area contributed by atoms with Crippen LogP contribution < -0.4 is 4.90 Å². The Morgan fingerprint density at radius 3 is 2.48 bits per heavy atom. The summed E-state index contributed by atoms with van der Waals surface area (Å²) in [6.45, 7) is 0.334. The average molecular weight is 428 g/mol. The topological polar surface area (TPSA) is 56.4 Å². The van der Waals surface area contributed by atoms with Gasteiger partial charge in [-0.2, -0.15) is 0 Å². The van der Waals surface area contributed by atoms with Gasteiger partial charge in [0.15, 0.2) is 0 Å². The van der Waals surface area contributed by atoms with Gasteiger partial charge in [-0.1, -0.05) is 42.5 Å². The Morgan fingerprint density at radius 2 is 1.71 bits per heavy atom. The summed E-state index contributed by atoms with van der Waals surface area (Å²) in [5.41, 5.74) is 3.92. The van der Waals surface area contributed by atoms with Gasteiger partial charge in [0, 0.05) is 41.3 Å². The number of thiophene rings is 1. The number of aromatic amines is 1. The fraction of sp³-hybridized carbons (Fsp3) is 0.120. The van der Waals surface area contributed by atoms with Crippen LogP contribution in [0.2, 0.25) is 0 Å². The van der Waals surface area contributed by atoms with E-state index in [0.717, 1.165) is 27.0 Å². The number of hydrogen-bond acceptors (Lipinski definition) is 4. The van der Waals surface area contributed by atoms with Crippen LogP contribution in [0, 0.1) is 0 Å². The van der Waals surface area contributed by atoms with Crippen molar-refractivity contribution in [1.29, 1.82) is 0 Å². The van der Waals surface area contributed by atoms with Crippen molar-refractivity contribution < 1.29 is 9.59 Å². The fourth-order valence-electron chi connectivity index (χ4n) is 4.07. The Labute approximate surface area is 184 Å². The first-order valence-electron chi connectivity index (χ1n) is 10.1. The Balaban J connectivity index is 1.47. The number of hydrogen-bond donors (Lipinski definition) is 1. The van der Waals surface area contributed by atoms with Gasteiger partial charge in [-0.25, -0.2) is 0 Å². The largest absolute Gasteiger partial charge is 0.361 e. The maximum atomic E-state index is 13.5. The van der Waals surface area contributed by atoms with Crippen LogP contribution in [-0.2, 0) is 16.0 Å². The molecule has 5 rings (SSSR count). The van der Waals surface area contributed by atoms with Crippen molar-refractivity contribution in [2.45, 2.75) is 6.42 Å². The average Bonchev–Trinajstić information content (AvgIpc) is 3.52. The Kier molecular flexibility index (Phi) is 4.92. The zero-order valence-corrected chi connectivity index (χ0v) is 17.9. The van der Waals surface area contributed by atoms with Crippen LogP contribution in [0.25, 0.3) is 16.5 Å². The summed E-state index contributed by atoms with van der Waals surface area (Å²) < 4.78 is 0. The molecule has 0 spiro atoms. The highest BCUT2D eigenvalue weighted by Gasteiger charge is 2.41. The lowest BCUT2D eigenvalue weighted by atomic mass is 10.1. The number of benzene rings is 2. The third kappa shape index (κ3) is 3.35. The van der Waals surface area contributed by atoms with Gasteiger partial charge in [0.2, 0.25) is 0 Å². The number of anilines is 1. The molecule has 1 N–H and O–H groups in total. The minimum absolute atomic E-state index is 0.231. The standard InChI is InChI=1S/C25H21N3O2S/c1-27(18-8-3-2-4-9-18)23-22(21-12-7-15-31-21)24(29)28(25(23)30)14-13-17-16-26-20-11-6-5-10-19(17)20/h2-12,15-16,26H,13-14H2,1H3. The van der Waals surface area contributed by atoms with E-state index in [2.05, 4.69) is 11.1 Å². The molecule has 0 saturated carbocycles. The number of nitrogens with zero attached hydrogens (tertiary/aromatic N) is 2. The molecule has 0 aliphatic carbocycles. The summed E-state index contributed by atoms with van der Waals surface area (Å²) in [5.74, 6) is -0.482. The molecule has 0 bridgehead atoms. The number of imide groups is 1. The number of para-hydroxylation sites is 2. The molecule has 0 fully saturated rings. The van der Waals surface area contributed by atoms with Gasteiger partial charge in [0.05, 0.1) is 5.57 Å². The van der Waals surface area contributed by atoms with Gasteiger partial charge >= 0.3 is 0 Å². The molecule has 6 heteroatoms. The van der Waals surface area contributed by atoms with E-state index >= 15 is 0 Å². The van der Waals surface area contributed by atoms with Gasteiger partial charge < -0.3 is 9.88 Å². The second kappa shape index (κ2) is 7.89. The number of carbonyl (C=O) groups is 2. The van der Waals surface area contributed by atoms with E-state index in [1.807, 2.05) is 84.2 Å².